The Labute approximate surface area is 222 Å². The molecule has 1 saturated heterocycles. The van der Waals surface area contributed by atoms with Crippen molar-refractivity contribution in [1.82, 2.24) is 5.32 Å². The topological polar surface area (TPSA) is 89.5 Å². The van der Waals surface area contributed by atoms with E-state index in [4.69, 9.17) is 14.3 Å². The minimum absolute atomic E-state index is 0.0581. The first-order valence-corrected chi connectivity index (χ1v) is 12.8. The second-order valence-corrected chi connectivity index (χ2v) is 9.42. The van der Waals surface area contributed by atoms with E-state index in [9.17, 15) is 9.59 Å². The molecular formula is C30H31N3O5. The first-order valence-electron chi connectivity index (χ1n) is 12.8. The SMILES string of the molecule is C/C(=N\OC(=O)[C@H](C)NC(=O)OCC1c2ccccc2-c2ccccc21)c1ccc(N2CCOCC2)cc1. The standard InChI is InChI=1S/C30H31N3O5/c1-20(22-11-13-23(14-12-22)33-15-17-36-18-16-33)32-38-29(34)21(2)31-30(35)37-19-28-26-9-5-3-7-24(26)25-8-4-6-10-27(25)28/h3-14,21,28H,15-19H2,1-2H3,(H,31,35)/b32-20+/t21-/m0/s1. The third-order valence-corrected chi connectivity index (χ3v) is 6.97. The summed E-state index contributed by atoms with van der Waals surface area (Å²) in [5, 5.41) is 6.50. The highest BCUT2D eigenvalue weighted by atomic mass is 16.7. The lowest BCUT2D eigenvalue weighted by molar-refractivity contribution is -0.145. The zero-order valence-corrected chi connectivity index (χ0v) is 21.6. The Morgan fingerprint density at radius 3 is 2.21 bits per heavy atom. The van der Waals surface area contributed by atoms with Crippen molar-refractivity contribution in [1.29, 1.82) is 0 Å². The summed E-state index contributed by atoms with van der Waals surface area (Å²) in [5.74, 6) is -0.736. The van der Waals surface area contributed by atoms with Crippen LogP contribution >= 0.6 is 0 Å². The van der Waals surface area contributed by atoms with E-state index in [1.165, 1.54) is 6.92 Å². The molecule has 0 saturated carbocycles. The minimum atomic E-state index is -0.925. The van der Waals surface area contributed by atoms with Gasteiger partial charge in [0.15, 0.2) is 0 Å². The van der Waals surface area contributed by atoms with E-state index in [0.29, 0.717) is 5.71 Å². The second-order valence-electron chi connectivity index (χ2n) is 9.42. The molecule has 2 aliphatic rings. The monoisotopic (exact) mass is 513 g/mol. The van der Waals surface area contributed by atoms with Gasteiger partial charge >= 0.3 is 12.1 Å². The molecule has 1 fully saturated rings. The number of hydrogen-bond donors (Lipinski definition) is 1. The smallest absolute Gasteiger partial charge is 0.407 e. The van der Waals surface area contributed by atoms with Crippen LogP contribution in [0.4, 0.5) is 10.5 Å². The van der Waals surface area contributed by atoms with Crippen molar-refractivity contribution in [3.63, 3.8) is 0 Å². The van der Waals surface area contributed by atoms with Crippen LogP contribution in [0.2, 0.25) is 0 Å². The van der Waals surface area contributed by atoms with Crippen molar-refractivity contribution in [2.75, 3.05) is 37.8 Å². The van der Waals surface area contributed by atoms with Crippen LogP contribution in [0.1, 0.15) is 36.5 Å². The van der Waals surface area contributed by atoms with Gasteiger partial charge in [0.05, 0.1) is 18.9 Å². The number of benzene rings is 3. The lowest BCUT2D eigenvalue weighted by atomic mass is 9.98. The van der Waals surface area contributed by atoms with Gasteiger partial charge in [-0.05, 0) is 53.8 Å². The number of alkyl carbamates (subject to hydrolysis) is 1. The molecular weight excluding hydrogens is 482 g/mol. The predicted molar refractivity (Wildman–Crippen MR) is 145 cm³/mol. The van der Waals surface area contributed by atoms with E-state index in [0.717, 1.165) is 59.8 Å². The maximum Gasteiger partial charge on any atom is 0.407 e. The Bertz CT molecular complexity index is 1290. The molecule has 196 valence electrons. The summed E-state index contributed by atoms with van der Waals surface area (Å²) in [6.07, 6.45) is -0.685. The summed E-state index contributed by atoms with van der Waals surface area (Å²) in [4.78, 5) is 32.3. The summed E-state index contributed by atoms with van der Waals surface area (Å²) in [5.41, 5.74) is 7.06. The van der Waals surface area contributed by atoms with Gasteiger partial charge in [0, 0.05) is 24.7 Å². The molecule has 0 aromatic heterocycles. The predicted octanol–water partition coefficient (Wildman–Crippen LogP) is 4.72. The summed E-state index contributed by atoms with van der Waals surface area (Å²) in [7, 11) is 0. The van der Waals surface area contributed by atoms with E-state index in [-0.39, 0.29) is 12.5 Å². The Morgan fingerprint density at radius 1 is 0.974 bits per heavy atom. The van der Waals surface area contributed by atoms with Crippen molar-refractivity contribution in [3.8, 4) is 11.1 Å². The number of nitrogens with one attached hydrogen (secondary N) is 1. The summed E-state index contributed by atoms with van der Waals surface area (Å²) < 4.78 is 10.9. The molecule has 38 heavy (non-hydrogen) atoms. The van der Waals surface area contributed by atoms with Crippen LogP contribution in [0.3, 0.4) is 0 Å². The van der Waals surface area contributed by atoms with Crippen LogP contribution in [0.25, 0.3) is 11.1 Å². The minimum Gasteiger partial charge on any atom is -0.449 e. The van der Waals surface area contributed by atoms with Gasteiger partial charge in [-0.2, -0.15) is 0 Å². The van der Waals surface area contributed by atoms with Gasteiger partial charge in [0.2, 0.25) is 0 Å². The highest BCUT2D eigenvalue weighted by molar-refractivity contribution is 5.99. The lowest BCUT2D eigenvalue weighted by Crippen LogP contribution is -2.39. The molecule has 1 amide bonds. The third-order valence-electron chi connectivity index (χ3n) is 6.97. The number of anilines is 1. The number of morpholine rings is 1. The number of fused-ring (bicyclic) bond motifs is 3. The van der Waals surface area contributed by atoms with Crippen LogP contribution in [-0.2, 0) is 19.1 Å². The highest BCUT2D eigenvalue weighted by Gasteiger charge is 2.29. The third kappa shape index (κ3) is 5.55. The van der Waals surface area contributed by atoms with Crippen LogP contribution in [0.15, 0.2) is 78.0 Å². The molecule has 8 heteroatoms. The zero-order chi connectivity index (χ0) is 26.5. The molecule has 1 aliphatic carbocycles. The largest absolute Gasteiger partial charge is 0.449 e. The van der Waals surface area contributed by atoms with Crippen molar-refractivity contribution < 1.29 is 23.9 Å². The van der Waals surface area contributed by atoms with Gasteiger partial charge in [0.1, 0.15) is 12.6 Å². The maximum atomic E-state index is 12.5. The average molecular weight is 514 g/mol. The van der Waals surface area contributed by atoms with Gasteiger partial charge in [0.25, 0.3) is 0 Å². The quantitative estimate of drug-likeness (QED) is 0.279. The van der Waals surface area contributed by atoms with Crippen molar-refractivity contribution >= 4 is 23.5 Å². The van der Waals surface area contributed by atoms with E-state index < -0.39 is 18.1 Å². The van der Waals surface area contributed by atoms with Crippen molar-refractivity contribution in [3.05, 3.63) is 89.5 Å². The fourth-order valence-electron chi connectivity index (χ4n) is 4.86. The molecule has 0 radical (unpaired) electrons. The number of ether oxygens (including phenoxy) is 2. The Hall–Kier alpha value is -4.17. The van der Waals surface area contributed by atoms with E-state index in [1.807, 2.05) is 48.5 Å². The summed E-state index contributed by atoms with van der Waals surface area (Å²) in [6.45, 7) is 6.63. The molecule has 0 spiro atoms. The first kappa shape index (κ1) is 25.5. The van der Waals surface area contributed by atoms with Crippen LogP contribution < -0.4 is 10.2 Å². The molecule has 0 bridgehead atoms. The molecule has 8 nitrogen and oxygen atoms in total. The molecule has 3 aromatic rings. The first-order chi connectivity index (χ1) is 18.5. The molecule has 1 N–H and O–H groups in total. The Kier molecular flexibility index (Phi) is 7.70. The van der Waals surface area contributed by atoms with Gasteiger partial charge in [-0.3, -0.25) is 0 Å². The highest BCUT2D eigenvalue weighted by Crippen LogP contribution is 2.44. The number of carbonyl (C=O) groups excluding carboxylic acids is 2. The second kappa shape index (κ2) is 11.5. The number of rotatable bonds is 7. The van der Waals surface area contributed by atoms with Crippen molar-refractivity contribution in [2.45, 2.75) is 25.8 Å². The number of amides is 1. The van der Waals surface area contributed by atoms with Gasteiger partial charge < -0.3 is 24.5 Å². The summed E-state index contributed by atoms with van der Waals surface area (Å²) in [6, 6.07) is 23.2. The molecule has 5 rings (SSSR count). The summed E-state index contributed by atoms with van der Waals surface area (Å²) >= 11 is 0. The molecule has 0 unspecified atom stereocenters. The molecule has 3 aromatic carbocycles. The average Bonchev–Trinajstić information content (AvgIpc) is 3.28. The van der Waals surface area contributed by atoms with E-state index in [2.05, 4.69) is 39.6 Å². The van der Waals surface area contributed by atoms with Gasteiger partial charge in [-0.1, -0.05) is 65.8 Å². The molecule has 1 heterocycles. The maximum absolute atomic E-state index is 12.5. The number of hydrogen-bond acceptors (Lipinski definition) is 7. The Morgan fingerprint density at radius 2 is 1.58 bits per heavy atom. The fraction of sp³-hybridized carbons (Fsp3) is 0.300. The fourth-order valence-corrected chi connectivity index (χ4v) is 4.86. The molecule has 1 atom stereocenters. The molecule has 1 aliphatic heterocycles. The number of nitrogens with zero attached hydrogens (tertiary/aromatic N) is 2. The van der Waals surface area contributed by atoms with Crippen molar-refractivity contribution in [2.24, 2.45) is 5.16 Å². The number of carbonyl (C=O) groups is 2. The van der Waals surface area contributed by atoms with Crippen LogP contribution in [0, 0.1) is 0 Å². The van der Waals surface area contributed by atoms with Gasteiger partial charge in [-0.15, -0.1) is 0 Å². The van der Waals surface area contributed by atoms with E-state index in [1.54, 1.807) is 6.92 Å². The van der Waals surface area contributed by atoms with Gasteiger partial charge in [-0.25, -0.2) is 9.59 Å². The van der Waals surface area contributed by atoms with E-state index >= 15 is 0 Å². The van der Waals surface area contributed by atoms with Crippen LogP contribution in [0.5, 0.6) is 0 Å². The lowest BCUT2D eigenvalue weighted by Gasteiger charge is -2.28. The normalized spacial score (nSPS) is 15.8. The Balaban J connectivity index is 1.12. The van der Waals surface area contributed by atoms with Crippen LogP contribution in [-0.4, -0.2) is 56.7 Å². The zero-order valence-electron chi connectivity index (χ0n) is 21.6. The number of oxime groups is 1.